The highest BCUT2D eigenvalue weighted by atomic mass is 16.5. The highest BCUT2D eigenvalue weighted by Crippen LogP contribution is 2.35. The number of likely N-dealkylation sites (N-methyl/N-ethyl adjacent to an activating group) is 1. The van der Waals surface area contributed by atoms with E-state index in [9.17, 15) is 14.4 Å². The van der Waals surface area contributed by atoms with Gasteiger partial charge in [-0.15, -0.1) is 0 Å². The van der Waals surface area contributed by atoms with Gasteiger partial charge in [0, 0.05) is 0 Å². The molecule has 1 aliphatic rings. The van der Waals surface area contributed by atoms with Gasteiger partial charge in [0.1, 0.15) is 6.04 Å². The Balaban J connectivity index is 1.84. The van der Waals surface area contributed by atoms with Crippen LogP contribution in [-0.2, 0) is 20.9 Å². The molecule has 182 valence electrons. The standard InChI is InChI=1S/C27H30N4O4/c1-17-13-14-19-9-5-6-10-20(19)21(17)15-30-23-11-7-8-12-24(23)31(27(34)35-4)16-22(26(30)33)29-25(32)18(2)28-3/h5-14,18,22,28H,15-16H2,1-4H3,(H,29,32)/t18-,22?/m0/s1. The monoisotopic (exact) mass is 474 g/mol. The minimum absolute atomic E-state index is 0.0459. The summed E-state index contributed by atoms with van der Waals surface area (Å²) in [5, 5.41) is 7.84. The van der Waals surface area contributed by atoms with Crippen LogP contribution in [0.5, 0.6) is 0 Å². The predicted octanol–water partition coefficient (Wildman–Crippen LogP) is 3.36. The third kappa shape index (κ3) is 4.70. The molecule has 0 saturated heterocycles. The Kier molecular flexibility index (Phi) is 7.02. The van der Waals surface area contributed by atoms with Crippen LogP contribution in [0.3, 0.4) is 0 Å². The number of methoxy groups -OCH3 is 1. The van der Waals surface area contributed by atoms with E-state index in [1.54, 1.807) is 24.9 Å². The molecule has 3 amide bonds. The molecule has 2 atom stereocenters. The largest absolute Gasteiger partial charge is 0.452 e. The van der Waals surface area contributed by atoms with Crippen LogP contribution in [0.2, 0.25) is 0 Å². The Morgan fingerprint density at radius 3 is 2.46 bits per heavy atom. The molecule has 1 heterocycles. The molecule has 8 heteroatoms. The van der Waals surface area contributed by atoms with E-state index < -0.39 is 18.2 Å². The molecule has 0 saturated carbocycles. The summed E-state index contributed by atoms with van der Waals surface area (Å²) in [5.74, 6) is -0.629. The number of carbonyl (C=O) groups is 3. The summed E-state index contributed by atoms with van der Waals surface area (Å²) in [5.41, 5.74) is 3.18. The summed E-state index contributed by atoms with van der Waals surface area (Å²) in [7, 11) is 2.97. The molecule has 0 fully saturated rings. The van der Waals surface area contributed by atoms with E-state index in [0.29, 0.717) is 11.4 Å². The number of aryl methyl sites for hydroxylation is 1. The number of nitrogens with one attached hydrogen (secondary N) is 2. The van der Waals surface area contributed by atoms with Crippen LogP contribution in [0.25, 0.3) is 10.8 Å². The molecule has 8 nitrogen and oxygen atoms in total. The Bertz CT molecular complexity index is 1280. The summed E-state index contributed by atoms with van der Waals surface area (Å²) in [6, 6.07) is 17.9. The molecule has 3 aromatic rings. The smallest absolute Gasteiger partial charge is 0.414 e. The lowest BCUT2D eigenvalue weighted by atomic mass is 9.99. The van der Waals surface area contributed by atoms with Gasteiger partial charge in [-0.2, -0.15) is 0 Å². The van der Waals surface area contributed by atoms with Crippen molar-refractivity contribution in [3.63, 3.8) is 0 Å². The number of benzene rings is 3. The van der Waals surface area contributed by atoms with Crippen molar-refractivity contribution in [2.75, 3.05) is 30.5 Å². The van der Waals surface area contributed by atoms with Gasteiger partial charge in [-0.3, -0.25) is 14.5 Å². The first kappa shape index (κ1) is 24.2. The second kappa shape index (κ2) is 10.1. The summed E-state index contributed by atoms with van der Waals surface area (Å²) in [6.07, 6.45) is -0.602. The third-order valence-corrected chi connectivity index (χ3v) is 6.52. The lowest BCUT2D eigenvalue weighted by Gasteiger charge is -2.27. The summed E-state index contributed by atoms with van der Waals surface area (Å²) < 4.78 is 5.02. The molecule has 4 rings (SSSR count). The first-order valence-corrected chi connectivity index (χ1v) is 11.6. The Morgan fingerprint density at radius 1 is 1.06 bits per heavy atom. The summed E-state index contributed by atoms with van der Waals surface area (Å²) in [6.45, 7) is 3.97. The van der Waals surface area contributed by atoms with E-state index in [2.05, 4.69) is 16.7 Å². The lowest BCUT2D eigenvalue weighted by molar-refractivity contribution is -0.128. The minimum Gasteiger partial charge on any atom is -0.452 e. The molecule has 0 aliphatic carbocycles. The van der Waals surface area contributed by atoms with E-state index in [-0.39, 0.29) is 24.9 Å². The molecular weight excluding hydrogens is 444 g/mol. The van der Waals surface area contributed by atoms with Crippen molar-refractivity contribution in [1.82, 2.24) is 10.6 Å². The topological polar surface area (TPSA) is 91.0 Å². The number of rotatable bonds is 5. The van der Waals surface area contributed by atoms with Gasteiger partial charge in [0.05, 0.1) is 37.6 Å². The van der Waals surface area contributed by atoms with Crippen LogP contribution >= 0.6 is 0 Å². The molecule has 0 aromatic heterocycles. The molecule has 35 heavy (non-hydrogen) atoms. The lowest BCUT2D eigenvalue weighted by Crippen LogP contribution is -2.55. The molecule has 1 unspecified atom stereocenters. The molecule has 1 aliphatic heterocycles. The molecule has 0 radical (unpaired) electrons. The van der Waals surface area contributed by atoms with Crippen molar-refractivity contribution < 1.29 is 19.1 Å². The molecule has 2 N–H and O–H groups in total. The maximum absolute atomic E-state index is 14.0. The quantitative estimate of drug-likeness (QED) is 0.592. The van der Waals surface area contributed by atoms with Gasteiger partial charge in [-0.1, -0.05) is 48.5 Å². The van der Waals surface area contributed by atoms with Gasteiger partial charge in [-0.25, -0.2) is 4.79 Å². The number of hydrogen-bond donors (Lipinski definition) is 2. The average Bonchev–Trinajstić information content (AvgIpc) is 2.99. The van der Waals surface area contributed by atoms with E-state index in [0.717, 1.165) is 21.9 Å². The van der Waals surface area contributed by atoms with Gasteiger partial charge >= 0.3 is 6.09 Å². The second-order valence-electron chi connectivity index (χ2n) is 8.65. The predicted molar refractivity (Wildman–Crippen MR) is 137 cm³/mol. The second-order valence-corrected chi connectivity index (χ2v) is 8.65. The third-order valence-electron chi connectivity index (χ3n) is 6.52. The zero-order valence-corrected chi connectivity index (χ0v) is 20.4. The fourth-order valence-electron chi connectivity index (χ4n) is 4.38. The van der Waals surface area contributed by atoms with E-state index in [1.807, 2.05) is 55.5 Å². The van der Waals surface area contributed by atoms with Crippen LogP contribution in [0.15, 0.2) is 60.7 Å². The van der Waals surface area contributed by atoms with E-state index in [1.165, 1.54) is 12.0 Å². The summed E-state index contributed by atoms with van der Waals surface area (Å²) >= 11 is 0. The van der Waals surface area contributed by atoms with Crippen molar-refractivity contribution in [3.05, 3.63) is 71.8 Å². The van der Waals surface area contributed by atoms with Crippen molar-refractivity contribution >= 4 is 40.1 Å². The maximum Gasteiger partial charge on any atom is 0.414 e. The number of nitrogens with zero attached hydrogens (tertiary/aromatic N) is 2. The Hall–Kier alpha value is -3.91. The zero-order valence-electron chi connectivity index (χ0n) is 20.4. The number of para-hydroxylation sites is 2. The van der Waals surface area contributed by atoms with Gasteiger partial charge in [0.2, 0.25) is 5.91 Å². The minimum atomic E-state index is -0.958. The maximum atomic E-state index is 14.0. The highest BCUT2D eigenvalue weighted by Gasteiger charge is 2.38. The normalized spacial score (nSPS) is 16.5. The van der Waals surface area contributed by atoms with Crippen molar-refractivity contribution in [2.45, 2.75) is 32.5 Å². The van der Waals surface area contributed by atoms with Gasteiger partial charge in [0.25, 0.3) is 5.91 Å². The van der Waals surface area contributed by atoms with Crippen LogP contribution in [-0.4, -0.2) is 50.7 Å². The van der Waals surface area contributed by atoms with Crippen LogP contribution in [0.4, 0.5) is 16.2 Å². The summed E-state index contributed by atoms with van der Waals surface area (Å²) in [4.78, 5) is 42.5. The molecule has 3 aromatic carbocycles. The number of hydrogen-bond acceptors (Lipinski definition) is 5. The first-order valence-electron chi connectivity index (χ1n) is 11.6. The average molecular weight is 475 g/mol. The van der Waals surface area contributed by atoms with E-state index in [4.69, 9.17) is 4.74 Å². The van der Waals surface area contributed by atoms with Crippen molar-refractivity contribution in [1.29, 1.82) is 0 Å². The van der Waals surface area contributed by atoms with Crippen LogP contribution in [0, 0.1) is 6.92 Å². The van der Waals surface area contributed by atoms with Crippen molar-refractivity contribution in [2.24, 2.45) is 0 Å². The fraction of sp³-hybridized carbons (Fsp3) is 0.296. The Morgan fingerprint density at radius 2 is 1.74 bits per heavy atom. The molecular formula is C27H30N4O4. The first-order chi connectivity index (χ1) is 16.8. The molecule has 0 bridgehead atoms. The SMILES string of the molecule is CN[C@@H](C)C(=O)NC1CN(C(=O)OC)c2ccccc2N(Cc2c(C)ccc3ccccc23)C1=O. The van der Waals surface area contributed by atoms with Gasteiger partial charge in [-0.05, 0) is 54.9 Å². The van der Waals surface area contributed by atoms with Crippen LogP contribution in [0.1, 0.15) is 18.1 Å². The Labute approximate surface area is 204 Å². The van der Waals surface area contributed by atoms with Gasteiger partial charge in [0.15, 0.2) is 0 Å². The van der Waals surface area contributed by atoms with E-state index >= 15 is 0 Å². The number of ether oxygens (including phenoxy) is 1. The van der Waals surface area contributed by atoms with Crippen molar-refractivity contribution in [3.8, 4) is 0 Å². The van der Waals surface area contributed by atoms with Gasteiger partial charge < -0.3 is 20.3 Å². The molecule has 0 spiro atoms. The van der Waals surface area contributed by atoms with Crippen LogP contribution < -0.4 is 20.4 Å². The number of fused-ring (bicyclic) bond motifs is 2. The number of amides is 3. The fourth-order valence-corrected chi connectivity index (χ4v) is 4.38. The highest BCUT2D eigenvalue weighted by molar-refractivity contribution is 6.07. The zero-order chi connectivity index (χ0) is 25.1. The number of carbonyl (C=O) groups excluding carboxylic acids is 3. The number of anilines is 2.